The van der Waals surface area contributed by atoms with E-state index >= 15 is 0 Å². The number of aromatic nitrogens is 1. The Morgan fingerprint density at radius 3 is 2.41 bits per heavy atom. The van der Waals surface area contributed by atoms with Crippen LogP contribution in [0.3, 0.4) is 0 Å². The fraction of sp³-hybridized carbons (Fsp3) is 0.722. The Hall–Kier alpha value is -2.01. The van der Waals surface area contributed by atoms with Gasteiger partial charge in [0.25, 0.3) is 10.0 Å². The third kappa shape index (κ3) is 5.94. The number of hydrogen-bond donors (Lipinski definition) is 4. The lowest BCUT2D eigenvalue weighted by Gasteiger charge is -2.64. The van der Waals surface area contributed by atoms with Gasteiger partial charge in [-0.15, -0.1) is 11.3 Å². The monoisotopic (exact) mass is 671 g/mol. The van der Waals surface area contributed by atoms with Gasteiger partial charge in [0.05, 0.1) is 27.8 Å². The molecule has 46 heavy (non-hydrogen) atoms. The summed E-state index contributed by atoms with van der Waals surface area (Å²) >= 11 is 1.54. The zero-order valence-corrected chi connectivity index (χ0v) is 29.7. The van der Waals surface area contributed by atoms with E-state index < -0.39 is 16.1 Å². The van der Waals surface area contributed by atoms with Gasteiger partial charge < -0.3 is 15.5 Å². The van der Waals surface area contributed by atoms with Crippen LogP contribution in [0.15, 0.2) is 34.5 Å². The standard InChI is InChI=1S/C36H53N3O5S2/c1-6-26-30-19-24(40)13-16-36(30,5)29-14-17-35(4)27(11-12-28(35)32(29)33(26)41)21(2)15-18-37-34(42)39-46(43,44)25-9-7-23(8-10-25)31-20-45-22(3)38-31/h7-10,20-21,24,26-30,32-33,40-41H,6,11-19H2,1-5H3,(H2,37,39,42)/t21-,24-,26-,27-,28+,29+,30+,32+,33-,35-,36-/m1/s1. The lowest BCUT2D eigenvalue weighted by molar-refractivity contribution is -0.203. The maximum Gasteiger partial charge on any atom is 0.328 e. The van der Waals surface area contributed by atoms with Gasteiger partial charge in [-0.1, -0.05) is 46.2 Å². The van der Waals surface area contributed by atoms with Gasteiger partial charge in [-0.3, -0.25) is 0 Å². The average Bonchev–Trinajstić information content (AvgIpc) is 3.61. The number of rotatable bonds is 8. The second-order valence-corrected chi connectivity index (χ2v) is 18.3. The molecule has 4 fully saturated rings. The lowest BCUT2D eigenvalue weighted by atomic mass is 9.41. The molecular weight excluding hydrogens is 619 g/mol. The molecule has 0 saturated heterocycles. The van der Waals surface area contributed by atoms with Crippen molar-refractivity contribution >= 4 is 27.4 Å². The molecule has 1 aromatic carbocycles. The Morgan fingerprint density at radius 2 is 1.74 bits per heavy atom. The van der Waals surface area contributed by atoms with Gasteiger partial charge in [-0.25, -0.2) is 22.9 Å². The molecule has 1 aromatic heterocycles. The van der Waals surface area contributed by atoms with Crippen LogP contribution in [0.4, 0.5) is 4.79 Å². The molecule has 8 nitrogen and oxygen atoms in total. The fourth-order valence-electron chi connectivity index (χ4n) is 11.1. The van der Waals surface area contributed by atoms with Crippen molar-refractivity contribution in [3.8, 4) is 11.3 Å². The highest BCUT2D eigenvalue weighted by Crippen LogP contribution is 2.69. The first-order valence-electron chi connectivity index (χ1n) is 17.5. The number of sulfonamides is 1. The maximum atomic E-state index is 12.9. The number of nitrogens with one attached hydrogen (secondary N) is 2. The molecule has 4 aliphatic rings. The Kier molecular flexibility index (Phi) is 9.42. The predicted octanol–water partition coefficient (Wildman–Crippen LogP) is 6.76. The Balaban J connectivity index is 1.05. The van der Waals surface area contributed by atoms with Crippen molar-refractivity contribution in [3.05, 3.63) is 34.7 Å². The van der Waals surface area contributed by atoms with Crippen LogP contribution in [0.5, 0.6) is 0 Å². The van der Waals surface area contributed by atoms with Gasteiger partial charge in [-0.05, 0) is 123 Å². The van der Waals surface area contributed by atoms with Crippen LogP contribution in [0.1, 0.15) is 90.5 Å². The van der Waals surface area contributed by atoms with Crippen molar-refractivity contribution in [2.75, 3.05) is 6.54 Å². The van der Waals surface area contributed by atoms with Crippen molar-refractivity contribution in [3.63, 3.8) is 0 Å². The molecule has 4 saturated carbocycles. The first-order chi connectivity index (χ1) is 21.8. The highest BCUT2D eigenvalue weighted by Gasteiger charge is 2.64. The molecule has 10 heteroatoms. The SMILES string of the molecule is CC[C@H]1[C@@H](O)[C@@H]2[C@H](CC[C@]3(C)[C@@H]([C@H](C)CCNC(=O)NS(=O)(=O)c4ccc(-c5csc(C)n5)cc4)CC[C@@H]23)[C@@]2(C)CC[C@@H](O)C[C@@H]12. The molecule has 254 valence electrons. The van der Waals surface area contributed by atoms with Gasteiger partial charge in [0.2, 0.25) is 0 Å². The van der Waals surface area contributed by atoms with E-state index in [0.29, 0.717) is 42.1 Å². The van der Waals surface area contributed by atoms with Crippen LogP contribution in [0.25, 0.3) is 11.3 Å². The molecule has 4 N–H and O–H groups in total. The van der Waals surface area contributed by atoms with E-state index in [4.69, 9.17) is 0 Å². The molecule has 11 atom stereocenters. The smallest absolute Gasteiger partial charge is 0.328 e. The maximum absolute atomic E-state index is 12.9. The topological polar surface area (TPSA) is 129 Å². The Labute approximate surface area is 279 Å². The summed E-state index contributed by atoms with van der Waals surface area (Å²) in [4.78, 5) is 17.2. The molecule has 0 radical (unpaired) electrons. The van der Waals surface area contributed by atoms with Gasteiger partial charge >= 0.3 is 6.03 Å². The van der Waals surface area contributed by atoms with Gasteiger partial charge in [0.1, 0.15) is 0 Å². The van der Waals surface area contributed by atoms with E-state index in [0.717, 1.165) is 74.1 Å². The van der Waals surface area contributed by atoms with E-state index in [1.807, 2.05) is 12.3 Å². The second-order valence-electron chi connectivity index (χ2n) is 15.5. The van der Waals surface area contributed by atoms with Crippen LogP contribution in [0, 0.1) is 59.2 Å². The summed E-state index contributed by atoms with van der Waals surface area (Å²) in [5.74, 6) is 2.81. The van der Waals surface area contributed by atoms with E-state index in [1.165, 1.54) is 23.5 Å². The highest BCUT2D eigenvalue weighted by atomic mass is 32.2. The minimum atomic E-state index is -4.00. The third-order valence-electron chi connectivity index (χ3n) is 13.3. The van der Waals surface area contributed by atoms with Crippen LogP contribution in [-0.4, -0.2) is 48.4 Å². The first-order valence-corrected chi connectivity index (χ1v) is 19.8. The number of nitrogens with zero attached hydrogens (tertiary/aromatic N) is 1. The van der Waals surface area contributed by atoms with Gasteiger partial charge in [-0.2, -0.15) is 0 Å². The van der Waals surface area contributed by atoms with Gasteiger partial charge in [0, 0.05) is 17.5 Å². The minimum Gasteiger partial charge on any atom is -0.393 e. The number of urea groups is 1. The number of fused-ring (bicyclic) bond motifs is 5. The molecular formula is C36H53N3O5S2. The molecule has 2 amide bonds. The predicted molar refractivity (Wildman–Crippen MR) is 182 cm³/mol. The number of carbonyl (C=O) groups is 1. The summed E-state index contributed by atoms with van der Waals surface area (Å²) in [5, 5.41) is 28.2. The molecule has 1 heterocycles. The van der Waals surface area contributed by atoms with Crippen molar-refractivity contribution in [1.82, 2.24) is 15.0 Å². The lowest BCUT2D eigenvalue weighted by Crippen LogP contribution is -2.62. The number of carbonyl (C=O) groups excluding carboxylic acids is 1. The Bertz CT molecular complexity index is 1510. The first kappa shape index (κ1) is 33.9. The highest BCUT2D eigenvalue weighted by molar-refractivity contribution is 7.90. The Morgan fingerprint density at radius 1 is 1.04 bits per heavy atom. The largest absolute Gasteiger partial charge is 0.393 e. The molecule has 0 spiro atoms. The normalized spacial score (nSPS) is 37.9. The van der Waals surface area contributed by atoms with Crippen molar-refractivity contribution in [2.24, 2.45) is 52.3 Å². The number of benzene rings is 1. The summed E-state index contributed by atoms with van der Waals surface area (Å²) in [7, 11) is -4.00. The number of aliphatic hydroxyl groups excluding tert-OH is 2. The quantitative estimate of drug-likeness (QED) is 0.246. The second kappa shape index (κ2) is 12.8. The number of aliphatic hydroxyl groups is 2. The van der Waals surface area contributed by atoms with Crippen LogP contribution >= 0.6 is 11.3 Å². The molecule has 6 rings (SSSR count). The van der Waals surface area contributed by atoms with E-state index in [2.05, 4.69) is 42.7 Å². The van der Waals surface area contributed by atoms with Crippen molar-refractivity contribution in [2.45, 2.75) is 110 Å². The fourth-order valence-corrected chi connectivity index (χ4v) is 12.6. The number of aryl methyl sites for hydroxylation is 1. The van der Waals surface area contributed by atoms with E-state index in [9.17, 15) is 23.4 Å². The molecule has 0 bridgehead atoms. The van der Waals surface area contributed by atoms with Crippen LogP contribution in [0.2, 0.25) is 0 Å². The molecule has 4 aliphatic carbocycles. The zero-order valence-electron chi connectivity index (χ0n) is 28.0. The third-order valence-corrected chi connectivity index (χ3v) is 15.5. The minimum absolute atomic E-state index is 0.0343. The average molecular weight is 672 g/mol. The summed E-state index contributed by atoms with van der Waals surface area (Å²) in [5.41, 5.74) is 1.96. The summed E-state index contributed by atoms with van der Waals surface area (Å²) in [6.07, 6.45) is 8.53. The summed E-state index contributed by atoms with van der Waals surface area (Å²) in [6, 6.07) is 5.70. The molecule has 0 unspecified atom stereocenters. The molecule has 2 aromatic rings. The van der Waals surface area contributed by atoms with Gasteiger partial charge in [0.15, 0.2) is 0 Å². The number of hydrogen-bond acceptors (Lipinski definition) is 7. The van der Waals surface area contributed by atoms with E-state index in [1.54, 1.807) is 12.1 Å². The van der Waals surface area contributed by atoms with Crippen LogP contribution < -0.4 is 10.0 Å². The van der Waals surface area contributed by atoms with Crippen LogP contribution in [-0.2, 0) is 10.0 Å². The molecule has 0 aliphatic heterocycles. The zero-order chi connectivity index (χ0) is 33.0. The van der Waals surface area contributed by atoms with E-state index in [-0.39, 0.29) is 33.9 Å². The van der Waals surface area contributed by atoms with Crippen molar-refractivity contribution in [1.29, 1.82) is 0 Å². The number of amides is 2. The summed E-state index contributed by atoms with van der Waals surface area (Å²) in [6.45, 7) is 11.7. The summed E-state index contributed by atoms with van der Waals surface area (Å²) < 4.78 is 28.0. The van der Waals surface area contributed by atoms with Crippen molar-refractivity contribution < 1.29 is 23.4 Å². The number of thiazole rings is 1.